The molecule has 0 spiro atoms. The van der Waals surface area contributed by atoms with Gasteiger partial charge in [-0.15, -0.1) is 0 Å². The Bertz CT molecular complexity index is 587. The molecule has 1 aromatic rings. The van der Waals surface area contributed by atoms with Gasteiger partial charge in [0, 0.05) is 23.8 Å². The normalized spacial score (nSPS) is 14.3. The van der Waals surface area contributed by atoms with Gasteiger partial charge in [-0.1, -0.05) is 0 Å². The van der Waals surface area contributed by atoms with Gasteiger partial charge >= 0.3 is 0 Å². The monoisotopic (exact) mass is 309 g/mol. The maximum Gasteiger partial charge on any atom is 0.294 e. The van der Waals surface area contributed by atoms with Crippen molar-refractivity contribution < 1.29 is 9.72 Å². The molecule has 1 aliphatic heterocycles. The van der Waals surface area contributed by atoms with E-state index >= 15 is 0 Å². The van der Waals surface area contributed by atoms with Crippen molar-refractivity contribution in [3.8, 4) is 0 Å². The standard InChI is InChI=1S/C14H19N3O3S/c1-14(2,21-3)8-15-11-6-9-4-5-13(18)16-10(9)7-12(11)17(19)20/h6-7,15H,4-5,8H2,1-3H3,(H,16,18). The molecule has 1 aromatic carbocycles. The fourth-order valence-corrected chi connectivity index (χ4v) is 2.31. The summed E-state index contributed by atoms with van der Waals surface area (Å²) < 4.78 is -0.0159. The van der Waals surface area contributed by atoms with E-state index in [-0.39, 0.29) is 16.3 Å². The number of nitro benzene ring substituents is 1. The number of anilines is 2. The van der Waals surface area contributed by atoms with E-state index in [1.165, 1.54) is 6.07 Å². The van der Waals surface area contributed by atoms with Gasteiger partial charge in [0.2, 0.25) is 5.91 Å². The average molecular weight is 309 g/mol. The summed E-state index contributed by atoms with van der Waals surface area (Å²) in [6.07, 6.45) is 3.04. The zero-order chi connectivity index (χ0) is 15.6. The minimum absolute atomic E-state index is 0.00662. The van der Waals surface area contributed by atoms with Crippen LogP contribution in [0.1, 0.15) is 25.8 Å². The molecule has 114 valence electrons. The fraction of sp³-hybridized carbons (Fsp3) is 0.500. The van der Waals surface area contributed by atoms with Crippen LogP contribution in [0, 0.1) is 10.1 Å². The first-order chi connectivity index (χ1) is 9.82. The number of nitrogens with one attached hydrogen (secondary N) is 2. The maximum atomic E-state index is 11.4. The van der Waals surface area contributed by atoms with Crippen molar-refractivity contribution in [2.24, 2.45) is 0 Å². The lowest BCUT2D eigenvalue weighted by molar-refractivity contribution is -0.383. The number of amides is 1. The number of rotatable bonds is 5. The van der Waals surface area contributed by atoms with Crippen LogP contribution in [0.5, 0.6) is 0 Å². The first-order valence-corrected chi connectivity index (χ1v) is 7.95. The third-order valence-electron chi connectivity index (χ3n) is 3.57. The molecule has 0 aromatic heterocycles. The van der Waals surface area contributed by atoms with Crippen LogP contribution in [0.15, 0.2) is 12.1 Å². The second-order valence-corrected chi connectivity index (χ2v) is 7.16. The fourth-order valence-electron chi connectivity index (χ4n) is 2.09. The Morgan fingerprint density at radius 2 is 2.14 bits per heavy atom. The second-order valence-electron chi connectivity index (χ2n) is 5.65. The van der Waals surface area contributed by atoms with E-state index in [0.29, 0.717) is 30.8 Å². The Morgan fingerprint density at radius 1 is 1.43 bits per heavy atom. The van der Waals surface area contributed by atoms with Crippen LogP contribution in [0.3, 0.4) is 0 Å². The van der Waals surface area contributed by atoms with Crippen LogP contribution in [-0.2, 0) is 11.2 Å². The Labute approximate surface area is 127 Å². The molecule has 2 N–H and O–H groups in total. The highest BCUT2D eigenvalue weighted by Gasteiger charge is 2.24. The van der Waals surface area contributed by atoms with Crippen molar-refractivity contribution in [3.05, 3.63) is 27.8 Å². The average Bonchev–Trinajstić information content (AvgIpc) is 2.44. The van der Waals surface area contributed by atoms with E-state index in [2.05, 4.69) is 24.5 Å². The minimum Gasteiger partial charge on any atom is -0.378 e. The number of fused-ring (bicyclic) bond motifs is 1. The second kappa shape index (κ2) is 5.93. The van der Waals surface area contributed by atoms with Crippen LogP contribution < -0.4 is 10.6 Å². The van der Waals surface area contributed by atoms with Crippen LogP contribution in [-0.4, -0.2) is 28.4 Å². The van der Waals surface area contributed by atoms with Gasteiger partial charge in [-0.2, -0.15) is 11.8 Å². The van der Waals surface area contributed by atoms with Gasteiger partial charge in [-0.25, -0.2) is 0 Å². The number of aryl methyl sites for hydroxylation is 1. The molecule has 0 saturated heterocycles. The molecule has 0 atom stereocenters. The molecule has 0 bridgehead atoms. The van der Waals surface area contributed by atoms with E-state index in [1.54, 1.807) is 17.8 Å². The summed E-state index contributed by atoms with van der Waals surface area (Å²) in [6, 6.07) is 3.23. The van der Waals surface area contributed by atoms with E-state index in [0.717, 1.165) is 5.56 Å². The number of carbonyl (C=O) groups excluding carboxylic acids is 1. The Balaban J connectivity index is 2.31. The zero-order valence-electron chi connectivity index (χ0n) is 12.4. The summed E-state index contributed by atoms with van der Waals surface area (Å²) in [6.45, 7) is 4.78. The summed E-state index contributed by atoms with van der Waals surface area (Å²) in [5.74, 6) is -0.0963. The van der Waals surface area contributed by atoms with E-state index in [9.17, 15) is 14.9 Å². The quantitative estimate of drug-likeness (QED) is 0.645. The first kappa shape index (κ1) is 15.6. The van der Waals surface area contributed by atoms with Crippen LogP contribution in [0.4, 0.5) is 17.1 Å². The number of nitrogens with zero attached hydrogens (tertiary/aromatic N) is 1. The van der Waals surface area contributed by atoms with Gasteiger partial charge in [-0.05, 0) is 38.2 Å². The number of hydrogen-bond donors (Lipinski definition) is 2. The molecule has 0 aliphatic carbocycles. The molecule has 0 fully saturated rings. The highest BCUT2D eigenvalue weighted by molar-refractivity contribution is 7.99. The molecule has 1 heterocycles. The number of thioether (sulfide) groups is 1. The lowest BCUT2D eigenvalue weighted by atomic mass is 10.0. The van der Waals surface area contributed by atoms with Crippen molar-refractivity contribution in [1.82, 2.24) is 0 Å². The van der Waals surface area contributed by atoms with E-state index in [1.807, 2.05) is 6.26 Å². The molecular formula is C14H19N3O3S. The summed E-state index contributed by atoms with van der Waals surface area (Å²) in [7, 11) is 0. The number of nitro groups is 1. The predicted octanol–water partition coefficient (Wildman–Crippen LogP) is 3.03. The number of benzene rings is 1. The molecule has 6 nitrogen and oxygen atoms in total. The van der Waals surface area contributed by atoms with Gasteiger partial charge in [0.25, 0.3) is 5.69 Å². The van der Waals surface area contributed by atoms with Crippen molar-refractivity contribution in [1.29, 1.82) is 0 Å². The van der Waals surface area contributed by atoms with Gasteiger partial charge in [0.05, 0.1) is 10.6 Å². The van der Waals surface area contributed by atoms with Crippen molar-refractivity contribution in [2.45, 2.75) is 31.4 Å². The molecule has 0 radical (unpaired) electrons. The van der Waals surface area contributed by atoms with E-state index < -0.39 is 4.92 Å². The molecule has 1 amide bonds. The van der Waals surface area contributed by atoms with Crippen molar-refractivity contribution in [3.63, 3.8) is 0 Å². The summed E-state index contributed by atoms with van der Waals surface area (Å²) in [5, 5.41) is 17.1. The lowest BCUT2D eigenvalue weighted by Crippen LogP contribution is -2.26. The topological polar surface area (TPSA) is 84.3 Å². The molecule has 21 heavy (non-hydrogen) atoms. The Kier molecular flexibility index (Phi) is 4.41. The molecule has 1 aliphatic rings. The van der Waals surface area contributed by atoms with Gasteiger partial charge in [0.15, 0.2) is 0 Å². The maximum absolute atomic E-state index is 11.4. The third kappa shape index (κ3) is 3.66. The van der Waals surface area contributed by atoms with Gasteiger partial charge in [-0.3, -0.25) is 14.9 Å². The van der Waals surface area contributed by atoms with Crippen molar-refractivity contribution >= 4 is 34.7 Å². The van der Waals surface area contributed by atoms with Gasteiger partial charge in [0.1, 0.15) is 5.69 Å². The van der Waals surface area contributed by atoms with E-state index in [4.69, 9.17) is 0 Å². The summed E-state index contributed by atoms with van der Waals surface area (Å²) >= 11 is 1.70. The molecular weight excluding hydrogens is 290 g/mol. The number of hydrogen-bond acceptors (Lipinski definition) is 5. The number of carbonyl (C=O) groups is 1. The van der Waals surface area contributed by atoms with Gasteiger partial charge < -0.3 is 10.6 Å². The largest absolute Gasteiger partial charge is 0.378 e. The molecule has 7 heteroatoms. The molecule has 2 rings (SSSR count). The summed E-state index contributed by atoms with van der Waals surface area (Å²) in [4.78, 5) is 22.2. The Morgan fingerprint density at radius 3 is 2.76 bits per heavy atom. The Hall–Kier alpha value is -1.76. The zero-order valence-corrected chi connectivity index (χ0v) is 13.2. The minimum atomic E-state index is -0.421. The first-order valence-electron chi connectivity index (χ1n) is 6.72. The summed E-state index contributed by atoms with van der Waals surface area (Å²) in [5.41, 5.74) is 1.99. The molecule has 0 saturated carbocycles. The third-order valence-corrected chi connectivity index (χ3v) is 4.82. The lowest BCUT2D eigenvalue weighted by Gasteiger charge is -2.24. The van der Waals surface area contributed by atoms with Crippen LogP contribution >= 0.6 is 11.8 Å². The molecule has 0 unspecified atom stereocenters. The smallest absolute Gasteiger partial charge is 0.294 e. The van der Waals surface area contributed by atoms with Crippen LogP contribution in [0.25, 0.3) is 0 Å². The van der Waals surface area contributed by atoms with Crippen LogP contribution in [0.2, 0.25) is 0 Å². The SMILES string of the molecule is CSC(C)(C)CNc1cc2c(cc1[N+](=O)[O-])NC(=O)CC2. The highest BCUT2D eigenvalue weighted by atomic mass is 32.2. The highest BCUT2D eigenvalue weighted by Crippen LogP contribution is 2.35. The predicted molar refractivity (Wildman–Crippen MR) is 86.1 cm³/mol. The van der Waals surface area contributed by atoms with Crippen molar-refractivity contribution in [2.75, 3.05) is 23.4 Å².